The third-order valence-electron chi connectivity index (χ3n) is 3.25. The fraction of sp³-hybridized carbons (Fsp3) is 0.333. The zero-order valence-corrected chi connectivity index (χ0v) is 11.2. The second-order valence-corrected chi connectivity index (χ2v) is 4.63. The standard InChI is InChI=1S/C15H18N2O2/c1-3-17(10-11(2)15(18)19)13-8-4-6-12-7-5-9-16-14(12)13/h4-9,11H,3,10H2,1-2H3,(H,18,19). The molecule has 1 aromatic heterocycles. The molecule has 1 atom stereocenters. The first-order chi connectivity index (χ1) is 9.13. The van der Waals surface area contributed by atoms with Crippen molar-refractivity contribution in [3.63, 3.8) is 0 Å². The molecule has 0 radical (unpaired) electrons. The first-order valence-electron chi connectivity index (χ1n) is 6.45. The molecule has 4 heteroatoms. The van der Waals surface area contributed by atoms with Crippen LogP contribution in [0.2, 0.25) is 0 Å². The van der Waals surface area contributed by atoms with E-state index in [1.807, 2.05) is 37.3 Å². The van der Waals surface area contributed by atoms with Gasteiger partial charge in [-0.25, -0.2) is 0 Å². The summed E-state index contributed by atoms with van der Waals surface area (Å²) >= 11 is 0. The second kappa shape index (κ2) is 5.69. The van der Waals surface area contributed by atoms with E-state index in [0.29, 0.717) is 6.54 Å². The number of para-hydroxylation sites is 1. The fourth-order valence-electron chi connectivity index (χ4n) is 2.15. The van der Waals surface area contributed by atoms with Gasteiger partial charge in [0.1, 0.15) is 0 Å². The third-order valence-corrected chi connectivity index (χ3v) is 3.25. The third kappa shape index (κ3) is 2.84. The fourth-order valence-corrected chi connectivity index (χ4v) is 2.15. The quantitative estimate of drug-likeness (QED) is 0.896. The number of nitrogens with zero attached hydrogens (tertiary/aromatic N) is 2. The molecule has 1 unspecified atom stereocenters. The summed E-state index contributed by atoms with van der Waals surface area (Å²) in [7, 11) is 0. The average Bonchev–Trinajstić information content (AvgIpc) is 2.44. The number of rotatable bonds is 5. The summed E-state index contributed by atoms with van der Waals surface area (Å²) in [6.45, 7) is 4.99. The van der Waals surface area contributed by atoms with Crippen molar-refractivity contribution in [1.29, 1.82) is 0 Å². The maximum Gasteiger partial charge on any atom is 0.308 e. The predicted molar refractivity (Wildman–Crippen MR) is 76.4 cm³/mol. The van der Waals surface area contributed by atoms with Crippen molar-refractivity contribution in [2.24, 2.45) is 5.92 Å². The minimum absolute atomic E-state index is 0.404. The summed E-state index contributed by atoms with van der Waals surface area (Å²) in [4.78, 5) is 17.5. The minimum Gasteiger partial charge on any atom is -0.481 e. The van der Waals surface area contributed by atoms with E-state index in [0.717, 1.165) is 23.1 Å². The van der Waals surface area contributed by atoms with Crippen molar-refractivity contribution >= 4 is 22.6 Å². The van der Waals surface area contributed by atoms with Gasteiger partial charge in [-0.2, -0.15) is 0 Å². The lowest BCUT2D eigenvalue weighted by molar-refractivity contribution is -0.140. The number of carboxylic acid groups (broad SMARTS) is 1. The van der Waals surface area contributed by atoms with Gasteiger partial charge < -0.3 is 10.0 Å². The van der Waals surface area contributed by atoms with Gasteiger partial charge in [-0.3, -0.25) is 9.78 Å². The Bertz CT molecular complexity index is 578. The Morgan fingerprint density at radius 3 is 2.79 bits per heavy atom. The summed E-state index contributed by atoms with van der Waals surface area (Å²) in [5, 5.41) is 10.1. The molecular weight excluding hydrogens is 240 g/mol. The molecule has 1 N–H and O–H groups in total. The van der Waals surface area contributed by atoms with Gasteiger partial charge in [-0.1, -0.05) is 25.1 Å². The maximum absolute atomic E-state index is 11.0. The Kier molecular flexibility index (Phi) is 4.00. The molecule has 100 valence electrons. The van der Waals surface area contributed by atoms with Crippen LogP contribution in [0.3, 0.4) is 0 Å². The van der Waals surface area contributed by atoms with Crippen molar-refractivity contribution in [2.75, 3.05) is 18.0 Å². The molecule has 1 heterocycles. The lowest BCUT2D eigenvalue weighted by Gasteiger charge is -2.25. The summed E-state index contributed by atoms with van der Waals surface area (Å²) in [6, 6.07) is 9.91. The smallest absolute Gasteiger partial charge is 0.308 e. The van der Waals surface area contributed by atoms with Crippen LogP contribution >= 0.6 is 0 Å². The van der Waals surface area contributed by atoms with Crippen LogP contribution in [0.1, 0.15) is 13.8 Å². The zero-order chi connectivity index (χ0) is 13.8. The Morgan fingerprint density at radius 2 is 2.11 bits per heavy atom. The normalized spacial score (nSPS) is 12.3. The van der Waals surface area contributed by atoms with Gasteiger partial charge >= 0.3 is 5.97 Å². The van der Waals surface area contributed by atoms with Gasteiger partial charge in [0, 0.05) is 24.7 Å². The molecule has 0 amide bonds. The molecule has 0 aliphatic rings. The van der Waals surface area contributed by atoms with Crippen molar-refractivity contribution < 1.29 is 9.90 Å². The molecule has 0 fully saturated rings. The topological polar surface area (TPSA) is 53.4 Å². The lowest BCUT2D eigenvalue weighted by Crippen LogP contribution is -2.31. The predicted octanol–water partition coefficient (Wildman–Crippen LogP) is 2.78. The van der Waals surface area contributed by atoms with Gasteiger partial charge in [-0.05, 0) is 19.1 Å². The summed E-state index contributed by atoms with van der Waals surface area (Å²) in [5.74, 6) is -1.18. The second-order valence-electron chi connectivity index (χ2n) is 4.63. The highest BCUT2D eigenvalue weighted by molar-refractivity contribution is 5.90. The minimum atomic E-state index is -0.772. The van der Waals surface area contributed by atoms with Crippen LogP contribution in [0.4, 0.5) is 5.69 Å². The van der Waals surface area contributed by atoms with Gasteiger partial charge in [-0.15, -0.1) is 0 Å². The van der Waals surface area contributed by atoms with Crippen LogP contribution in [-0.2, 0) is 4.79 Å². The Morgan fingerprint density at radius 1 is 1.37 bits per heavy atom. The molecule has 2 rings (SSSR count). The van der Waals surface area contributed by atoms with E-state index in [1.54, 1.807) is 13.1 Å². The molecule has 1 aromatic carbocycles. The maximum atomic E-state index is 11.0. The number of fused-ring (bicyclic) bond motifs is 1. The molecule has 0 bridgehead atoms. The van der Waals surface area contributed by atoms with Crippen molar-refractivity contribution in [2.45, 2.75) is 13.8 Å². The number of anilines is 1. The summed E-state index contributed by atoms with van der Waals surface area (Å²) < 4.78 is 0. The van der Waals surface area contributed by atoms with E-state index >= 15 is 0 Å². The first-order valence-corrected chi connectivity index (χ1v) is 6.45. The van der Waals surface area contributed by atoms with E-state index in [-0.39, 0.29) is 0 Å². The summed E-state index contributed by atoms with van der Waals surface area (Å²) in [6.07, 6.45) is 1.76. The van der Waals surface area contributed by atoms with Crippen LogP contribution < -0.4 is 4.90 Å². The molecule has 19 heavy (non-hydrogen) atoms. The van der Waals surface area contributed by atoms with E-state index in [2.05, 4.69) is 9.88 Å². The average molecular weight is 258 g/mol. The molecule has 4 nitrogen and oxygen atoms in total. The number of carboxylic acids is 1. The van der Waals surface area contributed by atoms with E-state index in [1.165, 1.54) is 0 Å². The number of benzene rings is 1. The Hall–Kier alpha value is -2.10. The SMILES string of the molecule is CCN(CC(C)C(=O)O)c1cccc2cccnc12. The first kappa shape index (κ1) is 13.3. The number of pyridine rings is 1. The Labute approximate surface area is 112 Å². The molecule has 0 saturated heterocycles. The van der Waals surface area contributed by atoms with E-state index in [9.17, 15) is 4.79 Å². The van der Waals surface area contributed by atoms with Crippen LogP contribution in [0.15, 0.2) is 36.5 Å². The zero-order valence-electron chi connectivity index (χ0n) is 11.2. The number of carbonyl (C=O) groups is 1. The van der Waals surface area contributed by atoms with Gasteiger partial charge in [0.05, 0.1) is 17.1 Å². The number of aliphatic carboxylic acids is 1. The van der Waals surface area contributed by atoms with Crippen molar-refractivity contribution in [3.8, 4) is 0 Å². The van der Waals surface area contributed by atoms with Crippen molar-refractivity contribution in [3.05, 3.63) is 36.5 Å². The highest BCUT2D eigenvalue weighted by atomic mass is 16.4. The molecule has 2 aromatic rings. The van der Waals surface area contributed by atoms with E-state index < -0.39 is 11.9 Å². The number of hydrogen-bond donors (Lipinski definition) is 1. The van der Waals surface area contributed by atoms with Crippen molar-refractivity contribution in [1.82, 2.24) is 4.98 Å². The number of hydrogen-bond acceptors (Lipinski definition) is 3. The van der Waals surface area contributed by atoms with E-state index in [4.69, 9.17) is 5.11 Å². The summed E-state index contributed by atoms with van der Waals surface area (Å²) in [5.41, 5.74) is 1.91. The highest BCUT2D eigenvalue weighted by Gasteiger charge is 2.17. The van der Waals surface area contributed by atoms with Crippen LogP contribution in [0, 0.1) is 5.92 Å². The van der Waals surface area contributed by atoms with Crippen LogP contribution in [0.25, 0.3) is 10.9 Å². The molecule has 0 aliphatic heterocycles. The van der Waals surface area contributed by atoms with Gasteiger partial charge in [0.2, 0.25) is 0 Å². The molecular formula is C15H18N2O2. The lowest BCUT2D eigenvalue weighted by atomic mass is 10.1. The van der Waals surface area contributed by atoms with Gasteiger partial charge in [0.15, 0.2) is 0 Å². The molecule has 0 saturated carbocycles. The number of aromatic nitrogens is 1. The molecule has 0 spiro atoms. The molecule has 0 aliphatic carbocycles. The largest absolute Gasteiger partial charge is 0.481 e. The van der Waals surface area contributed by atoms with Crippen LogP contribution in [0.5, 0.6) is 0 Å². The Balaban J connectivity index is 2.38. The highest BCUT2D eigenvalue weighted by Crippen LogP contribution is 2.25. The van der Waals surface area contributed by atoms with Gasteiger partial charge in [0.25, 0.3) is 0 Å². The monoisotopic (exact) mass is 258 g/mol. The van der Waals surface area contributed by atoms with Crippen LogP contribution in [-0.4, -0.2) is 29.1 Å².